The summed E-state index contributed by atoms with van der Waals surface area (Å²) in [5.41, 5.74) is 0. The van der Waals surface area contributed by atoms with Crippen molar-refractivity contribution in [3.05, 3.63) is 12.2 Å². The van der Waals surface area contributed by atoms with Crippen LogP contribution in [0.3, 0.4) is 0 Å². The summed E-state index contributed by atoms with van der Waals surface area (Å²) in [7, 11) is 0. The molecule has 0 saturated carbocycles. The minimum atomic E-state index is -0.759. The van der Waals surface area contributed by atoms with Crippen LogP contribution in [-0.2, 0) is 4.79 Å². The van der Waals surface area contributed by atoms with Crippen LogP contribution < -0.4 is 0 Å². The number of ketones is 1. The lowest BCUT2D eigenvalue weighted by Crippen LogP contribution is -2.24. The molecule has 0 amide bonds. The molecule has 0 aromatic rings. The first-order chi connectivity index (χ1) is 5.57. The minimum absolute atomic E-state index is 0.0480. The van der Waals surface area contributed by atoms with E-state index in [-0.39, 0.29) is 5.78 Å². The van der Waals surface area contributed by atoms with Crippen LogP contribution >= 0.6 is 0 Å². The molecule has 0 aromatic heterocycles. The predicted molar refractivity (Wildman–Crippen MR) is 46.7 cm³/mol. The fourth-order valence-electron chi connectivity index (χ4n) is 0.803. The van der Waals surface area contributed by atoms with Gasteiger partial charge in [-0.2, -0.15) is 0 Å². The van der Waals surface area contributed by atoms with E-state index in [4.69, 9.17) is 5.11 Å². The van der Waals surface area contributed by atoms with E-state index in [9.17, 15) is 9.90 Å². The van der Waals surface area contributed by atoms with Crippen LogP contribution in [0.4, 0.5) is 0 Å². The lowest BCUT2D eigenvalue weighted by molar-refractivity contribution is -0.112. The van der Waals surface area contributed by atoms with Gasteiger partial charge in [0.15, 0.2) is 5.78 Å². The van der Waals surface area contributed by atoms with E-state index in [0.717, 1.165) is 0 Å². The third-order valence-electron chi connectivity index (χ3n) is 1.59. The molecular weight excluding hydrogens is 156 g/mol. The largest absolute Gasteiger partial charge is 0.390 e. The summed E-state index contributed by atoms with van der Waals surface area (Å²) < 4.78 is 0. The maximum absolute atomic E-state index is 10.4. The molecule has 0 heterocycles. The van der Waals surface area contributed by atoms with E-state index in [1.54, 1.807) is 13.0 Å². The summed E-state index contributed by atoms with van der Waals surface area (Å²) in [6.07, 6.45) is 2.37. The molecule has 0 aliphatic heterocycles. The zero-order valence-electron chi connectivity index (χ0n) is 7.53. The maximum atomic E-state index is 10.4. The quantitative estimate of drug-likeness (QED) is 0.599. The van der Waals surface area contributed by atoms with Crippen LogP contribution in [-0.4, -0.2) is 28.2 Å². The Morgan fingerprint density at radius 1 is 1.42 bits per heavy atom. The number of hydrogen-bond donors (Lipinski definition) is 2. The van der Waals surface area contributed by atoms with Crippen LogP contribution in [0.2, 0.25) is 0 Å². The highest BCUT2D eigenvalue weighted by molar-refractivity contribution is 5.87. The Kier molecular flexibility index (Phi) is 5.58. The van der Waals surface area contributed by atoms with Crippen molar-refractivity contribution in [1.82, 2.24) is 0 Å². The van der Waals surface area contributed by atoms with Gasteiger partial charge in [0, 0.05) is 0 Å². The number of carbonyl (C=O) groups excluding carboxylic acids is 1. The van der Waals surface area contributed by atoms with Gasteiger partial charge in [-0.3, -0.25) is 4.79 Å². The minimum Gasteiger partial charge on any atom is -0.390 e. The highest BCUT2D eigenvalue weighted by atomic mass is 16.3. The fourth-order valence-corrected chi connectivity index (χ4v) is 0.803. The van der Waals surface area contributed by atoms with Gasteiger partial charge in [0.2, 0.25) is 0 Å². The molecule has 0 saturated heterocycles. The van der Waals surface area contributed by atoms with Gasteiger partial charge < -0.3 is 10.2 Å². The highest BCUT2D eigenvalue weighted by Crippen LogP contribution is 2.03. The second kappa shape index (κ2) is 5.91. The monoisotopic (exact) mass is 172 g/mol. The van der Waals surface area contributed by atoms with Gasteiger partial charge in [0.05, 0.1) is 12.2 Å². The standard InChI is InChI=1S/C9H16O3/c1-3-8(11)9(12)6-4-5-7(2)10/h4-5,8-9,11-12H,3,6H2,1-2H3. The molecule has 0 bridgehead atoms. The number of aliphatic hydroxyl groups excluding tert-OH is 2. The van der Waals surface area contributed by atoms with E-state index in [1.165, 1.54) is 13.0 Å². The Morgan fingerprint density at radius 3 is 2.42 bits per heavy atom. The van der Waals surface area contributed by atoms with Gasteiger partial charge in [-0.1, -0.05) is 13.0 Å². The van der Waals surface area contributed by atoms with Crippen molar-refractivity contribution < 1.29 is 15.0 Å². The molecule has 12 heavy (non-hydrogen) atoms. The molecule has 70 valence electrons. The van der Waals surface area contributed by atoms with Crippen molar-refractivity contribution in [2.75, 3.05) is 0 Å². The SMILES string of the molecule is CCC(O)C(O)CC=CC(C)=O. The maximum Gasteiger partial charge on any atom is 0.152 e. The van der Waals surface area contributed by atoms with Crippen LogP contribution in [0.15, 0.2) is 12.2 Å². The molecule has 0 aliphatic carbocycles. The van der Waals surface area contributed by atoms with E-state index < -0.39 is 12.2 Å². The Balaban J connectivity index is 3.70. The molecule has 3 heteroatoms. The predicted octanol–water partition coefficient (Wildman–Crippen LogP) is 0.654. The summed E-state index contributed by atoms with van der Waals surface area (Å²) in [5, 5.41) is 18.3. The molecule has 3 nitrogen and oxygen atoms in total. The number of hydrogen-bond acceptors (Lipinski definition) is 3. The second-order valence-corrected chi connectivity index (χ2v) is 2.79. The molecule has 2 atom stereocenters. The first kappa shape index (κ1) is 11.3. The third kappa shape index (κ3) is 5.04. The highest BCUT2D eigenvalue weighted by Gasteiger charge is 2.11. The topological polar surface area (TPSA) is 57.5 Å². The lowest BCUT2D eigenvalue weighted by Gasteiger charge is -2.13. The van der Waals surface area contributed by atoms with Crippen LogP contribution in [0.5, 0.6) is 0 Å². The average Bonchev–Trinajstić information content (AvgIpc) is 2.02. The molecule has 0 spiro atoms. The molecule has 0 rings (SSSR count). The van der Waals surface area contributed by atoms with Crippen LogP contribution in [0.1, 0.15) is 26.7 Å². The first-order valence-corrected chi connectivity index (χ1v) is 4.11. The van der Waals surface area contributed by atoms with Gasteiger partial charge in [-0.05, 0) is 25.8 Å². The molecule has 0 fully saturated rings. The number of aliphatic hydroxyl groups is 2. The smallest absolute Gasteiger partial charge is 0.152 e. The van der Waals surface area contributed by atoms with Crippen molar-refractivity contribution in [3.8, 4) is 0 Å². The Bertz CT molecular complexity index is 163. The van der Waals surface area contributed by atoms with E-state index in [1.807, 2.05) is 0 Å². The third-order valence-corrected chi connectivity index (χ3v) is 1.59. The average molecular weight is 172 g/mol. The van der Waals surface area contributed by atoms with Crippen molar-refractivity contribution in [2.24, 2.45) is 0 Å². The van der Waals surface area contributed by atoms with E-state index in [0.29, 0.717) is 12.8 Å². The summed E-state index contributed by atoms with van der Waals surface area (Å²) in [6.45, 7) is 3.24. The van der Waals surface area contributed by atoms with Gasteiger partial charge in [0.1, 0.15) is 0 Å². The van der Waals surface area contributed by atoms with E-state index >= 15 is 0 Å². The second-order valence-electron chi connectivity index (χ2n) is 2.79. The van der Waals surface area contributed by atoms with Crippen molar-refractivity contribution in [2.45, 2.75) is 38.9 Å². The van der Waals surface area contributed by atoms with Crippen LogP contribution in [0, 0.1) is 0 Å². The molecular formula is C9H16O3. The molecule has 0 aromatic carbocycles. The van der Waals surface area contributed by atoms with Crippen molar-refractivity contribution in [3.63, 3.8) is 0 Å². The zero-order chi connectivity index (χ0) is 9.56. The fraction of sp³-hybridized carbons (Fsp3) is 0.667. The molecule has 0 radical (unpaired) electrons. The molecule has 2 unspecified atom stereocenters. The van der Waals surface area contributed by atoms with E-state index in [2.05, 4.69) is 0 Å². The summed E-state index contributed by atoms with van der Waals surface area (Å²) in [6, 6.07) is 0. The van der Waals surface area contributed by atoms with Gasteiger partial charge in [0.25, 0.3) is 0 Å². The normalized spacial score (nSPS) is 16.3. The van der Waals surface area contributed by atoms with Gasteiger partial charge in [-0.15, -0.1) is 0 Å². The molecule has 0 aliphatic rings. The summed E-state index contributed by atoms with van der Waals surface area (Å²) >= 11 is 0. The van der Waals surface area contributed by atoms with Crippen molar-refractivity contribution in [1.29, 1.82) is 0 Å². The molecule has 2 N–H and O–H groups in total. The van der Waals surface area contributed by atoms with Gasteiger partial charge in [-0.25, -0.2) is 0 Å². The Morgan fingerprint density at radius 2 is 2.00 bits per heavy atom. The Labute approximate surface area is 72.7 Å². The number of carbonyl (C=O) groups is 1. The first-order valence-electron chi connectivity index (χ1n) is 4.11. The van der Waals surface area contributed by atoms with Crippen LogP contribution in [0.25, 0.3) is 0 Å². The zero-order valence-corrected chi connectivity index (χ0v) is 7.53. The number of rotatable bonds is 5. The van der Waals surface area contributed by atoms with Gasteiger partial charge >= 0.3 is 0 Å². The summed E-state index contributed by atoms with van der Waals surface area (Å²) in [4.78, 5) is 10.4. The lowest BCUT2D eigenvalue weighted by atomic mass is 10.1. The summed E-state index contributed by atoms with van der Waals surface area (Å²) in [5.74, 6) is -0.0480. The van der Waals surface area contributed by atoms with Crippen molar-refractivity contribution >= 4 is 5.78 Å². The number of allylic oxidation sites excluding steroid dienone is 1. The Hall–Kier alpha value is -0.670.